The van der Waals surface area contributed by atoms with E-state index in [2.05, 4.69) is 15.3 Å². The lowest BCUT2D eigenvalue weighted by atomic mass is 10.2. The molecule has 0 saturated carbocycles. The van der Waals surface area contributed by atoms with Gasteiger partial charge >= 0.3 is 0 Å². The monoisotopic (exact) mass is 182 g/mol. The third-order valence-corrected chi connectivity index (χ3v) is 1.64. The van der Waals surface area contributed by atoms with Crippen molar-refractivity contribution in [2.45, 2.75) is 19.4 Å². The van der Waals surface area contributed by atoms with Gasteiger partial charge in [0.25, 0.3) is 0 Å². The van der Waals surface area contributed by atoms with Crippen LogP contribution in [0, 0.1) is 0 Å². The van der Waals surface area contributed by atoms with Gasteiger partial charge in [-0.05, 0) is 13.3 Å². The summed E-state index contributed by atoms with van der Waals surface area (Å²) in [6, 6.07) is 1.84. The lowest BCUT2D eigenvalue weighted by Gasteiger charge is -2.12. The summed E-state index contributed by atoms with van der Waals surface area (Å²) in [7, 11) is 0. The minimum atomic E-state index is 0.161. The molecule has 1 unspecified atom stereocenters. The number of aliphatic hydroxyl groups excluding tert-OH is 1. The van der Waals surface area contributed by atoms with Crippen LogP contribution in [0.5, 0.6) is 0 Å². The number of nitrogens with two attached hydrogens (primary N) is 1. The normalized spacial score (nSPS) is 12.5. The Bertz CT molecular complexity index is 266. The molecule has 0 amide bonds. The van der Waals surface area contributed by atoms with Crippen molar-refractivity contribution in [3.05, 3.63) is 12.4 Å². The van der Waals surface area contributed by atoms with Crippen LogP contribution in [0.4, 0.5) is 11.6 Å². The molecule has 0 aliphatic heterocycles. The Hall–Kier alpha value is -1.36. The molecule has 5 nitrogen and oxygen atoms in total. The van der Waals surface area contributed by atoms with Gasteiger partial charge in [-0.3, -0.25) is 0 Å². The van der Waals surface area contributed by atoms with Crippen LogP contribution in [-0.4, -0.2) is 27.7 Å². The van der Waals surface area contributed by atoms with Crippen LogP contribution in [-0.2, 0) is 0 Å². The Kier molecular flexibility index (Phi) is 3.45. The summed E-state index contributed by atoms with van der Waals surface area (Å²) in [4.78, 5) is 7.75. The van der Waals surface area contributed by atoms with E-state index in [1.807, 2.05) is 6.92 Å². The number of hydrogen-bond acceptors (Lipinski definition) is 5. The van der Waals surface area contributed by atoms with Crippen molar-refractivity contribution in [1.29, 1.82) is 0 Å². The highest BCUT2D eigenvalue weighted by atomic mass is 16.3. The van der Waals surface area contributed by atoms with Crippen molar-refractivity contribution < 1.29 is 5.11 Å². The largest absolute Gasteiger partial charge is 0.396 e. The maximum absolute atomic E-state index is 8.67. The average molecular weight is 182 g/mol. The predicted octanol–water partition coefficient (Wildman–Crippen LogP) is 0.242. The molecule has 1 rings (SSSR count). The highest BCUT2D eigenvalue weighted by molar-refractivity contribution is 5.43. The molecule has 0 spiro atoms. The molecule has 1 aromatic heterocycles. The van der Waals surface area contributed by atoms with Crippen molar-refractivity contribution in [2.75, 3.05) is 17.7 Å². The van der Waals surface area contributed by atoms with E-state index in [1.54, 1.807) is 6.07 Å². The summed E-state index contributed by atoms with van der Waals surface area (Å²) in [5, 5.41) is 11.8. The van der Waals surface area contributed by atoms with Crippen molar-refractivity contribution in [3.63, 3.8) is 0 Å². The minimum Gasteiger partial charge on any atom is -0.396 e. The molecule has 0 radical (unpaired) electrons. The van der Waals surface area contributed by atoms with Gasteiger partial charge in [-0.25, -0.2) is 9.97 Å². The maximum Gasteiger partial charge on any atom is 0.131 e. The molecule has 0 fully saturated rings. The number of nitrogen functional groups attached to an aromatic ring is 1. The maximum atomic E-state index is 8.67. The van der Waals surface area contributed by atoms with Crippen molar-refractivity contribution in [2.24, 2.45) is 0 Å². The topological polar surface area (TPSA) is 84.1 Å². The van der Waals surface area contributed by atoms with E-state index < -0.39 is 0 Å². The molecule has 0 bridgehead atoms. The number of nitrogens with zero attached hydrogens (tertiary/aromatic N) is 2. The van der Waals surface area contributed by atoms with E-state index >= 15 is 0 Å². The van der Waals surface area contributed by atoms with E-state index in [1.165, 1.54) is 6.33 Å². The van der Waals surface area contributed by atoms with Gasteiger partial charge in [0.05, 0.1) is 0 Å². The van der Waals surface area contributed by atoms with E-state index in [0.717, 1.165) is 0 Å². The number of anilines is 2. The Labute approximate surface area is 77.0 Å². The van der Waals surface area contributed by atoms with Gasteiger partial charge in [-0.15, -0.1) is 0 Å². The van der Waals surface area contributed by atoms with Crippen LogP contribution < -0.4 is 11.1 Å². The summed E-state index contributed by atoms with van der Waals surface area (Å²) in [6.45, 7) is 2.13. The van der Waals surface area contributed by atoms with Crippen molar-refractivity contribution in [1.82, 2.24) is 9.97 Å². The quantitative estimate of drug-likeness (QED) is 0.621. The van der Waals surface area contributed by atoms with Crippen LogP contribution in [0.3, 0.4) is 0 Å². The van der Waals surface area contributed by atoms with Gasteiger partial charge in [-0.2, -0.15) is 0 Å². The fourth-order valence-electron chi connectivity index (χ4n) is 0.970. The second-order valence-corrected chi connectivity index (χ2v) is 2.89. The number of nitrogens with one attached hydrogen (secondary N) is 1. The van der Waals surface area contributed by atoms with E-state index in [9.17, 15) is 0 Å². The number of hydrogen-bond donors (Lipinski definition) is 3. The van der Waals surface area contributed by atoms with Crippen LogP contribution in [0.1, 0.15) is 13.3 Å². The molecule has 1 aromatic rings. The van der Waals surface area contributed by atoms with Gasteiger partial charge in [0.2, 0.25) is 0 Å². The minimum absolute atomic E-state index is 0.161. The lowest BCUT2D eigenvalue weighted by Crippen LogP contribution is -2.17. The first-order valence-corrected chi connectivity index (χ1v) is 4.17. The molecule has 0 aliphatic carbocycles. The second kappa shape index (κ2) is 4.61. The van der Waals surface area contributed by atoms with Crippen molar-refractivity contribution in [3.8, 4) is 0 Å². The van der Waals surface area contributed by atoms with Crippen LogP contribution in [0.25, 0.3) is 0 Å². The Balaban J connectivity index is 2.53. The molecule has 5 heteroatoms. The number of aromatic nitrogens is 2. The molecular formula is C8H14N4O. The highest BCUT2D eigenvalue weighted by Gasteiger charge is 2.01. The molecule has 13 heavy (non-hydrogen) atoms. The SMILES string of the molecule is CC(CCO)Nc1cc(N)ncn1. The zero-order chi connectivity index (χ0) is 9.68. The first-order chi connectivity index (χ1) is 6.22. The zero-order valence-electron chi connectivity index (χ0n) is 7.57. The van der Waals surface area contributed by atoms with E-state index in [-0.39, 0.29) is 12.6 Å². The first kappa shape index (κ1) is 9.73. The van der Waals surface area contributed by atoms with E-state index in [0.29, 0.717) is 18.1 Å². The smallest absolute Gasteiger partial charge is 0.131 e. The number of rotatable bonds is 4. The molecular weight excluding hydrogens is 168 g/mol. The van der Waals surface area contributed by atoms with E-state index in [4.69, 9.17) is 10.8 Å². The van der Waals surface area contributed by atoms with Crippen LogP contribution >= 0.6 is 0 Å². The highest BCUT2D eigenvalue weighted by Crippen LogP contribution is 2.07. The summed E-state index contributed by atoms with van der Waals surface area (Å²) in [5.41, 5.74) is 5.47. The number of aliphatic hydroxyl groups is 1. The van der Waals surface area contributed by atoms with Gasteiger partial charge in [0.15, 0.2) is 0 Å². The molecule has 1 heterocycles. The summed E-state index contributed by atoms with van der Waals surface area (Å²) in [6.07, 6.45) is 2.09. The van der Waals surface area contributed by atoms with Crippen LogP contribution in [0.15, 0.2) is 12.4 Å². The summed E-state index contributed by atoms with van der Waals surface area (Å²) in [5.74, 6) is 1.13. The molecule has 1 atom stereocenters. The average Bonchev–Trinajstić information content (AvgIpc) is 2.04. The Morgan fingerprint density at radius 1 is 1.62 bits per heavy atom. The van der Waals surface area contributed by atoms with Crippen molar-refractivity contribution >= 4 is 11.6 Å². The third kappa shape index (κ3) is 3.25. The first-order valence-electron chi connectivity index (χ1n) is 4.17. The standard InChI is InChI=1S/C8H14N4O/c1-6(2-3-13)12-8-4-7(9)10-5-11-8/h4-6,13H,2-3H2,1H3,(H3,9,10,11,12). The fourth-order valence-corrected chi connectivity index (χ4v) is 0.970. The predicted molar refractivity (Wildman–Crippen MR) is 51.2 cm³/mol. The molecule has 4 N–H and O–H groups in total. The Morgan fingerprint density at radius 3 is 3.00 bits per heavy atom. The zero-order valence-corrected chi connectivity index (χ0v) is 7.57. The van der Waals surface area contributed by atoms with Gasteiger partial charge in [-0.1, -0.05) is 0 Å². The Morgan fingerprint density at radius 2 is 2.38 bits per heavy atom. The van der Waals surface area contributed by atoms with Gasteiger partial charge in [0, 0.05) is 18.7 Å². The fraction of sp³-hybridized carbons (Fsp3) is 0.500. The molecule has 0 aromatic carbocycles. The summed E-state index contributed by atoms with van der Waals surface area (Å²) < 4.78 is 0. The van der Waals surface area contributed by atoms with Gasteiger partial charge in [0.1, 0.15) is 18.0 Å². The lowest BCUT2D eigenvalue weighted by molar-refractivity contribution is 0.282. The third-order valence-electron chi connectivity index (χ3n) is 1.64. The molecule has 72 valence electrons. The summed E-state index contributed by atoms with van der Waals surface area (Å²) >= 11 is 0. The molecule has 0 aliphatic rings. The van der Waals surface area contributed by atoms with Crippen LogP contribution in [0.2, 0.25) is 0 Å². The molecule has 0 saturated heterocycles. The van der Waals surface area contributed by atoms with Gasteiger partial charge < -0.3 is 16.2 Å². The second-order valence-electron chi connectivity index (χ2n) is 2.89.